The lowest BCUT2D eigenvalue weighted by atomic mass is 10.1. The molecule has 1 N–H and O–H groups in total. The zero-order chi connectivity index (χ0) is 18.4. The van der Waals surface area contributed by atoms with Crippen LogP contribution in [0.15, 0.2) is 60.7 Å². The van der Waals surface area contributed by atoms with Crippen LogP contribution in [0.25, 0.3) is 6.08 Å². The summed E-state index contributed by atoms with van der Waals surface area (Å²) in [6.07, 6.45) is 3.42. The Morgan fingerprint density at radius 1 is 1.15 bits per heavy atom. The molecule has 0 bridgehead atoms. The maximum absolute atomic E-state index is 12.8. The smallest absolute Gasteiger partial charge is 0.262 e. The molecular formula is C21H22N2O3. The van der Waals surface area contributed by atoms with Gasteiger partial charge in [0.2, 0.25) is 0 Å². The molecule has 2 amide bonds. The molecule has 2 aromatic carbocycles. The van der Waals surface area contributed by atoms with Crippen molar-refractivity contribution in [2.45, 2.75) is 19.4 Å². The molecule has 1 aliphatic rings. The van der Waals surface area contributed by atoms with E-state index in [0.29, 0.717) is 18.0 Å². The van der Waals surface area contributed by atoms with Crippen LogP contribution in [-0.2, 0) is 9.59 Å². The number of nitrogens with zero attached hydrogens (tertiary/aromatic N) is 1. The van der Waals surface area contributed by atoms with Crippen LogP contribution in [0.5, 0.6) is 5.75 Å². The van der Waals surface area contributed by atoms with Crippen LogP contribution in [-0.4, -0.2) is 31.0 Å². The monoisotopic (exact) mass is 350 g/mol. The van der Waals surface area contributed by atoms with Gasteiger partial charge in [0.25, 0.3) is 11.8 Å². The van der Waals surface area contributed by atoms with Crippen LogP contribution in [0.1, 0.15) is 18.9 Å². The number of hydrogen-bond acceptors (Lipinski definition) is 3. The fraction of sp³-hybridized carbons (Fsp3) is 0.238. The molecule has 5 nitrogen and oxygen atoms in total. The average molecular weight is 350 g/mol. The van der Waals surface area contributed by atoms with Crippen molar-refractivity contribution in [2.24, 2.45) is 0 Å². The van der Waals surface area contributed by atoms with Crippen molar-refractivity contribution in [3.05, 3.63) is 66.2 Å². The van der Waals surface area contributed by atoms with Crippen molar-refractivity contribution < 1.29 is 14.3 Å². The van der Waals surface area contributed by atoms with E-state index in [2.05, 4.69) is 5.32 Å². The Bertz CT molecular complexity index is 802. The van der Waals surface area contributed by atoms with E-state index in [0.717, 1.165) is 12.0 Å². The van der Waals surface area contributed by atoms with Gasteiger partial charge in [-0.3, -0.25) is 9.59 Å². The minimum atomic E-state index is -0.717. The summed E-state index contributed by atoms with van der Waals surface area (Å²) in [5.74, 6) is 0.154. The highest BCUT2D eigenvalue weighted by molar-refractivity contribution is 6.05. The number of amides is 2. The molecule has 0 unspecified atom stereocenters. The van der Waals surface area contributed by atoms with E-state index in [4.69, 9.17) is 4.74 Å². The fourth-order valence-electron chi connectivity index (χ4n) is 2.76. The Morgan fingerprint density at radius 3 is 2.65 bits per heavy atom. The lowest BCUT2D eigenvalue weighted by molar-refractivity contribution is -0.128. The largest absolute Gasteiger partial charge is 0.477 e. The van der Waals surface area contributed by atoms with Crippen LogP contribution >= 0.6 is 0 Å². The van der Waals surface area contributed by atoms with E-state index in [9.17, 15) is 9.59 Å². The molecule has 0 saturated heterocycles. The second-order valence-electron chi connectivity index (χ2n) is 6.06. The summed E-state index contributed by atoms with van der Waals surface area (Å²) in [6, 6.07) is 16.9. The van der Waals surface area contributed by atoms with E-state index >= 15 is 0 Å². The number of ether oxygens (including phenoxy) is 1. The summed E-state index contributed by atoms with van der Waals surface area (Å²) in [7, 11) is 0. The molecule has 0 aliphatic carbocycles. The van der Waals surface area contributed by atoms with Crippen molar-refractivity contribution in [3.8, 4) is 5.75 Å². The number of fused-ring (bicyclic) bond motifs is 1. The minimum absolute atomic E-state index is 0.183. The number of para-hydroxylation sites is 2. The van der Waals surface area contributed by atoms with Crippen molar-refractivity contribution in [2.75, 3.05) is 18.0 Å². The number of carbonyl (C=O) groups excluding carboxylic acids is 2. The molecule has 1 aliphatic heterocycles. The number of rotatable bonds is 5. The van der Waals surface area contributed by atoms with Gasteiger partial charge in [-0.2, -0.15) is 0 Å². The first-order valence-electron chi connectivity index (χ1n) is 8.77. The standard InChI is InChI=1S/C21H22N2O3/c1-2-14-22-21(25)19-15-23(17-10-6-7-11-18(17)26-19)20(24)13-12-16-8-4-3-5-9-16/h3-13,19H,2,14-15H2,1H3,(H,22,25)/b13-12+/t19-/m1/s1. The van der Waals surface area contributed by atoms with Crippen LogP contribution in [0.3, 0.4) is 0 Å². The summed E-state index contributed by atoms with van der Waals surface area (Å²) in [6.45, 7) is 2.76. The summed E-state index contributed by atoms with van der Waals surface area (Å²) in [5.41, 5.74) is 1.62. The average Bonchev–Trinajstić information content (AvgIpc) is 2.70. The zero-order valence-electron chi connectivity index (χ0n) is 14.7. The molecule has 5 heteroatoms. The van der Waals surface area contributed by atoms with Crippen molar-refractivity contribution in [1.29, 1.82) is 0 Å². The summed E-state index contributed by atoms with van der Waals surface area (Å²) >= 11 is 0. The normalized spacial score (nSPS) is 16.0. The molecule has 0 spiro atoms. The second-order valence-corrected chi connectivity index (χ2v) is 6.06. The lowest BCUT2D eigenvalue weighted by Crippen LogP contribution is -2.50. The number of benzene rings is 2. The van der Waals surface area contributed by atoms with Gasteiger partial charge in [0.15, 0.2) is 6.10 Å². The quantitative estimate of drug-likeness (QED) is 0.844. The molecule has 0 radical (unpaired) electrons. The van der Waals surface area contributed by atoms with E-state index in [-0.39, 0.29) is 18.4 Å². The Morgan fingerprint density at radius 2 is 1.88 bits per heavy atom. The topological polar surface area (TPSA) is 58.6 Å². The third-order valence-corrected chi connectivity index (χ3v) is 4.10. The van der Waals surface area contributed by atoms with Gasteiger partial charge in [0.05, 0.1) is 12.2 Å². The van der Waals surface area contributed by atoms with Crippen LogP contribution in [0, 0.1) is 0 Å². The van der Waals surface area contributed by atoms with Crippen LogP contribution in [0.4, 0.5) is 5.69 Å². The van der Waals surface area contributed by atoms with Crippen LogP contribution < -0.4 is 15.0 Å². The Balaban J connectivity index is 1.81. The van der Waals surface area contributed by atoms with Gasteiger partial charge >= 0.3 is 0 Å². The molecule has 0 fully saturated rings. The molecule has 1 atom stereocenters. The molecule has 26 heavy (non-hydrogen) atoms. The predicted octanol–water partition coefficient (Wildman–Crippen LogP) is 3.02. The van der Waals surface area contributed by atoms with Gasteiger partial charge in [-0.1, -0.05) is 49.4 Å². The molecule has 0 saturated carbocycles. The third kappa shape index (κ3) is 4.11. The number of nitrogens with one attached hydrogen (secondary N) is 1. The highest BCUT2D eigenvalue weighted by Crippen LogP contribution is 2.33. The molecule has 0 aromatic heterocycles. The SMILES string of the molecule is CCCNC(=O)[C@H]1CN(C(=O)/C=C/c2ccccc2)c2ccccc2O1. The fourth-order valence-corrected chi connectivity index (χ4v) is 2.76. The van der Waals surface area contributed by atoms with Crippen LogP contribution in [0.2, 0.25) is 0 Å². The minimum Gasteiger partial charge on any atom is -0.477 e. The van der Waals surface area contributed by atoms with Crippen molar-refractivity contribution in [3.63, 3.8) is 0 Å². The Hall–Kier alpha value is -3.08. The van der Waals surface area contributed by atoms with E-state index in [1.165, 1.54) is 6.08 Å². The first-order valence-corrected chi connectivity index (χ1v) is 8.77. The van der Waals surface area contributed by atoms with Gasteiger partial charge < -0.3 is 15.0 Å². The zero-order valence-corrected chi connectivity index (χ0v) is 14.7. The van der Waals surface area contributed by atoms with Gasteiger partial charge in [-0.25, -0.2) is 0 Å². The van der Waals surface area contributed by atoms with Gasteiger partial charge in [-0.05, 0) is 30.2 Å². The van der Waals surface area contributed by atoms with E-state index in [1.807, 2.05) is 55.5 Å². The Labute approximate surface area is 153 Å². The highest BCUT2D eigenvalue weighted by atomic mass is 16.5. The summed E-state index contributed by atoms with van der Waals surface area (Å²) in [5, 5.41) is 2.83. The maximum atomic E-state index is 12.8. The molecule has 1 heterocycles. The van der Waals surface area contributed by atoms with Gasteiger partial charge in [-0.15, -0.1) is 0 Å². The van der Waals surface area contributed by atoms with Gasteiger partial charge in [0, 0.05) is 12.6 Å². The van der Waals surface area contributed by atoms with Crippen molar-refractivity contribution in [1.82, 2.24) is 5.32 Å². The third-order valence-electron chi connectivity index (χ3n) is 4.10. The maximum Gasteiger partial charge on any atom is 0.262 e. The second kappa shape index (κ2) is 8.34. The molecule has 2 aromatic rings. The number of anilines is 1. The Kier molecular flexibility index (Phi) is 5.69. The predicted molar refractivity (Wildman–Crippen MR) is 102 cm³/mol. The summed E-state index contributed by atoms with van der Waals surface area (Å²) in [4.78, 5) is 26.7. The van der Waals surface area contributed by atoms with Crippen molar-refractivity contribution >= 4 is 23.6 Å². The first kappa shape index (κ1) is 17.7. The first-order chi connectivity index (χ1) is 12.7. The number of carbonyl (C=O) groups is 2. The molecule has 134 valence electrons. The van der Waals surface area contributed by atoms with Gasteiger partial charge in [0.1, 0.15) is 5.75 Å². The van der Waals surface area contributed by atoms with E-state index in [1.54, 1.807) is 17.0 Å². The number of hydrogen-bond donors (Lipinski definition) is 1. The molecular weight excluding hydrogens is 328 g/mol. The van der Waals surface area contributed by atoms with E-state index < -0.39 is 6.10 Å². The molecule has 3 rings (SSSR count). The lowest BCUT2D eigenvalue weighted by Gasteiger charge is -2.33. The highest BCUT2D eigenvalue weighted by Gasteiger charge is 2.32. The summed E-state index contributed by atoms with van der Waals surface area (Å²) < 4.78 is 5.80.